The number of carboxylic acids is 2. The van der Waals surface area contributed by atoms with E-state index in [0.717, 1.165) is 38.5 Å². The largest absolute Gasteiger partial charge is 0.481 e. The van der Waals surface area contributed by atoms with Crippen molar-refractivity contribution in [2.24, 2.45) is 29.1 Å². The molecule has 0 heterocycles. The lowest BCUT2D eigenvalue weighted by Gasteiger charge is -2.44. The lowest BCUT2D eigenvalue weighted by Crippen LogP contribution is -2.47. The van der Waals surface area contributed by atoms with Gasteiger partial charge in [0.15, 0.2) is 0 Å². The molecule has 0 amide bonds. The van der Waals surface area contributed by atoms with Gasteiger partial charge in [-0.1, -0.05) is 39.5 Å². The summed E-state index contributed by atoms with van der Waals surface area (Å²) in [7, 11) is 0. The normalized spacial score (nSPS) is 35.5. The zero-order valence-corrected chi connectivity index (χ0v) is 13.2. The second-order valence-electron chi connectivity index (χ2n) is 7.27. The van der Waals surface area contributed by atoms with Gasteiger partial charge in [0.05, 0.1) is 5.41 Å². The first-order valence-electron chi connectivity index (χ1n) is 8.34. The summed E-state index contributed by atoms with van der Waals surface area (Å²) in [4.78, 5) is 23.4. The van der Waals surface area contributed by atoms with Crippen LogP contribution in [0.1, 0.15) is 65.2 Å². The summed E-state index contributed by atoms with van der Waals surface area (Å²) in [5, 5.41) is 19.2. The summed E-state index contributed by atoms with van der Waals surface area (Å²) >= 11 is 0. The van der Waals surface area contributed by atoms with Crippen molar-refractivity contribution in [1.82, 2.24) is 0 Å². The monoisotopic (exact) mass is 296 g/mol. The highest BCUT2D eigenvalue weighted by atomic mass is 16.4. The van der Waals surface area contributed by atoms with Crippen molar-refractivity contribution in [3.8, 4) is 0 Å². The molecule has 0 bridgehead atoms. The van der Waals surface area contributed by atoms with Gasteiger partial charge in [0, 0.05) is 6.42 Å². The molecule has 2 aliphatic rings. The minimum Gasteiger partial charge on any atom is -0.481 e. The van der Waals surface area contributed by atoms with Gasteiger partial charge in [-0.2, -0.15) is 0 Å². The van der Waals surface area contributed by atoms with E-state index in [2.05, 4.69) is 13.8 Å². The van der Waals surface area contributed by atoms with Gasteiger partial charge in [-0.15, -0.1) is 0 Å². The average molecular weight is 296 g/mol. The Morgan fingerprint density at radius 2 is 1.43 bits per heavy atom. The van der Waals surface area contributed by atoms with Crippen LogP contribution in [0.5, 0.6) is 0 Å². The Morgan fingerprint density at radius 1 is 0.952 bits per heavy atom. The summed E-state index contributed by atoms with van der Waals surface area (Å²) in [5.41, 5.74) is -0.829. The second-order valence-corrected chi connectivity index (χ2v) is 7.27. The van der Waals surface area contributed by atoms with Crippen LogP contribution >= 0.6 is 0 Å². The third-order valence-corrected chi connectivity index (χ3v) is 6.20. The van der Waals surface area contributed by atoms with Gasteiger partial charge in [-0.3, -0.25) is 9.59 Å². The molecule has 0 aromatic rings. The van der Waals surface area contributed by atoms with Crippen LogP contribution in [0.15, 0.2) is 0 Å². The highest BCUT2D eigenvalue weighted by Gasteiger charge is 2.56. The minimum absolute atomic E-state index is 0.0290. The maximum Gasteiger partial charge on any atom is 0.310 e. The van der Waals surface area contributed by atoms with E-state index in [9.17, 15) is 14.7 Å². The molecule has 4 heteroatoms. The zero-order valence-electron chi connectivity index (χ0n) is 13.2. The molecule has 4 nitrogen and oxygen atoms in total. The molecule has 0 aromatic heterocycles. The van der Waals surface area contributed by atoms with Crippen molar-refractivity contribution in [1.29, 1.82) is 0 Å². The quantitative estimate of drug-likeness (QED) is 0.782. The highest BCUT2D eigenvalue weighted by Crippen LogP contribution is 2.56. The highest BCUT2D eigenvalue weighted by molar-refractivity contribution is 5.77. The van der Waals surface area contributed by atoms with E-state index < -0.39 is 17.4 Å². The van der Waals surface area contributed by atoms with Crippen LogP contribution in [0.4, 0.5) is 0 Å². The predicted molar refractivity (Wildman–Crippen MR) is 79.9 cm³/mol. The first-order valence-corrected chi connectivity index (χ1v) is 8.34. The average Bonchev–Trinajstić information content (AvgIpc) is 3.00. The standard InChI is InChI=1S/C17H28O4/c1-11-5-3-7-13(11)17(16(20)21,10-9-15(18)19)14-8-4-6-12(14)2/h11-14H,3-10H2,1-2H3,(H,18,19)(H,20,21). The fourth-order valence-electron chi connectivity index (χ4n) is 5.21. The van der Waals surface area contributed by atoms with E-state index in [0.29, 0.717) is 18.3 Å². The Morgan fingerprint density at radius 3 is 1.71 bits per heavy atom. The molecular weight excluding hydrogens is 268 g/mol. The third-order valence-electron chi connectivity index (χ3n) is 6.20. The number of carboxylic acid groups (broad SMARTS) is 2. The second kappa shape index (κ2) is 6.37. The predicted octanol–water partition coefficient (Wildman–Crippen LogP) is 3.79. The molecule has 0 saturated heterocycles. The molecule has 2 fully saturated rings. The van der Waals surface area contributed by atoms with Crippen LogP contribution in [0.25, 0.3) is 0 Å². The molecule has 120 valence electrons. The summed E-state index contributed by atoms with van der Waals surface area (Å²) in [6.45, 7) is 4.30. The van der Waals surface area contributed by atoms with Crippen molar-refractivity contribution in [2.45, 2.75) is 65.2 Å². The lowest BCUT2D eigenvalue weighted by atomic mass is 9.58. The summed E-state index contributed by atoms with van der Waals surface area (Å²) in [6.07, 6.45) is 6.46. The molecule has 4 atom stereocenters. The fraction of sp³-hybridized carbons (Fsp3) is 0.882. The molecule has 0 aliphatic heterocycles. The fourth-order valence-corrected chi connectivity index (χ4v) is 5.21. The number of aliphatic carboxylic acids is 2. The van der Waals surface area contributed by atoms with Crippen LogP contribution in [-0.2, 0) is 9.59 Å². The van der Waals surface area contributed by atoms with Crippen LogP contribution in [0.2, 0.25) is 0 Å². The van der Waals surface area contributed by atoms with E-state index in [1.807, 2.05) is 0 Å². The molecule has 4 unspecified atom stereocenters. The van der Waals surface area contributed by atoms with Crippen LogP contribution in [0, 0.1) is 29.1 Å². The van der Waals surface area contributed by atoms with Gasteiger partial charge in [0.1, 0.15) is 0 Å². The van der Waals surface area contributed by atoms with E-state index in [1.54, 1.807) is 0 Å². The van der Waals surface area contributed by atoms with Crippen molar-refractivity contribution in [2.75, 3.05) is 0 Å². The lowest BCUT2D eigenvalue weighted by molar-refractivity contribution is -0.162. The topological polar surface area (TPSA) is 74.6 Å². The summed E-state index contributed by atoms with van der Waals surface area (Å²) in [6, 6.07) is 0. The molecular formula is C17H28O4. The molecule has 2 saturated carbocycles. The van der Waals surface area contributed by atoms with Gasteiger partial charge < -0.3 is 10.2 Å². The number of rotatable bonds is 6. The summed E-state index contributed by atoms with van der Waals surface area (Å²) < 4.78 is 0. The number of hydrogen-bond donors (Lipinski definition) is 2. The van der Waals surface area contributed by atoms with Crippen molar-refractivity contribution in [3.05, 3.63) is 0 Å². The third kappa shape index (κ3) is 2.95. The Kier molecular flexibility index (Phi) is 4.95. The van der Waals surface area contributed by atoms with Gasteiger partial charge in [-0.05, 0) is 42.9 Å². The van der Waals surface area contributed by atoms with Crippen molar-refractivity contribution < 1.29 is 19.8 Å². The molecule has 2 aliphatic carbocycles. The first-order chi connectivity index (χ1) is 9.89. The molecule has 0 radical (unpaired) electrons. The molecule has 0 aromatic carbocycles. The number of carbonyl (C=O) groups is 2. The van der Waals surface area contributed by atoms with Gasteiger partial charge >= 0.3 is 11.9 Å². The van der Waals surface area contributed by atoms with Crippen molar-refractivity contribution >= 4 is 11.9 Å². The van der Waals surface area contributed by atoms with E-state index >= 15 is 0 Å². The SMILES string of the molecule is CC1CCCC1C(CCC(=O)O)(C(=O)O)C1CCCC1C. The van der Waals surface area contributed by atoms with Gasteiger partial charge in [0.2, 0.25) is 0 Å². The maximum absolute atomic E-state index is 12.3. The zero-order chi connectivity index (χ0) is 15.6. The summed E-state index contributed by atoms with van der Waals surface area (Å²) in [5.74, 6) is -0.566. The minimum atomic E-state index is -0.878. The Labute approximate surface area is 126 Å². The van der Waals surface area contributed by atoms with Gasteiger partial charge in [-0.25, -0.2) is 0 Å². The molecule has 0 spiro atoms. The van der Waals surface area contributed by atoms with Gasteiger partial charge in [0.25, 0.3) is 0 Å². The smallest absolute Gasteiger partial charge is 0.310 e. The number of hydrogen-bond acceptors (Lipinski definition) is 2. The van der Waals surface area contributed by atoms with E-state index in [1.165, 1.54) is 0 Å². The molecule has 2 N–H and O–H groups in total. The van der Waals surface area contributed by atoms with Crippen LogP contribution in [-0.4, -0.2) is 22.2 Å². The molecule has 2 rings (SSSR count). The Hall–Kier alpha value is -1.06. The maximum atomic E-state index is 12.3. The van der Waals surface area contributed by atoms with E-state index in [4.69, 9.17) is 5.11 Å². The van der Waals surface area contributed by atoms with Crippen LogP contribution in [0.3, 0.4) is 0 Å². The van der Waals surface area contributed by atoms with Crippen molar-refractivity contribution in [3.63, 3.8) is 0 Å². The Balaban J connectivity index is 2.37. The van der Waals surface area contributed by atoms with E-state index in [-0.39, 0.29) is 18.3 Å². The first kappa shape index (κ1) is 16.3. The molecule has 21 heavy (non-hydrogen) atoms. The Bertz CT molecular complexity index is 384. The van der Waals surface area contributed by atoms with Crippen LogP contribution < -0.4 is 0 Å².